The molecular weight excluding hydrogens is 258 g/mol. The minimum absolute atomic E-state index is 0.359. The van der Waals surface area contributed by atoms with Crippen LogP contribution in [0.5, 0.6) is 0 Å². The van der Waals surface area contributed by atoms with Crippen LogP contribution < -0.4 is 5.32 Å². The van der Waals surface area contributed by atoms with Gasteiger partial charge in [0.1, 0.15) is 0 Å². The Morgan fingerprint density at radius 2 is 1.90 bits per heavy atom. The van der Waals surface area contributed by atoms with E-state index in [-0.39, 0.29) is 0 Å². The molecule has 0 saturated heterocycles. The van der Waals surface area contributed by atoms with Gasteiger partial charge in [-0.25, -0.2) is 0 Å². The molecule has 0 fully saturated rings. The lowest BCUT2D eigenvalue weighted by molar-refractivity contribution is 0.518. The van der Waals surface area contributed by atoms with Crippen LogP contribution in [-0.4, -0.2) is 17.2 Å². The third-order valence-corrected chi connectivity index (χ3v) is 3.89. The van der Waals surface area contributed by atoms with E-state index in [0.717, 1.165) is 30.7 Å². The first-order valence-electron chi connectivity index (χ1n) is 7.79. The van der Waals surface area contributed by atoms with Crippen molar-refractivity contribution in [2.24, 2.45) is 0 Å². The second kappa shape index (κ2) is 7.89. The molecule has 3 heteroatoms. The van der Waals surface area contributed by atoms with E-state index in [4.69, 9.17) is 0 Å². The van der Waals surface area contributed by atoms with Crippen molar-refractivity contribution in [2.45, 2.75) is 45.6 Å². The quantitative estimate of drug-likeness (QED) is 0.843. The minimum Gasteiger partial charge on any atom is -0.313 e. The molecule has 0 radical (unpaired) electrons. The molecule has 0 aliphatic carbocycles. The van der Waals surface area contributed by atoms with Crippen molar-refractivity contribution < 1.29 is 0 Å². The van der Waals surface area contributed by atoms with Crippen LogP contribution in [0.3, 0.4) is 0 Å². The number of aromatic nitrogens is 2. The Labute approximate surface area is 127 Å². The van der Waals surface area contributed by atoms with Gasteiger partial charge in [-0.05, 0) is 56.8 Å². The van der Waals surface area contributed by atoms with E-state index in [1.54, 1.807) is 0 Å². The molecule has 1 aromatic carbocycles. The van der Waals surface area contributed by atoms with Crippen LogP contribution in [-0.2, 0) is 12.8 Å². The first-order chi connectivity index (χ1) is 10.2. The van der Waals surface area contributed by atoms with Crippen LogP contribution in [0.2, 0.25) is 0 Å². The summed E-state index contributed by atoms with van der Waals surface area (Å²) in [6.07, 6.45) is 4.33. The van der Waals surface area contributed by atoms with Crippen molar-refractivity contribution in [3.8, 4) is 0 Å². The Hall–Kier alpha value is -1.74. The molecule has 0 aliphatic rings. The van der Waals surface area contributed by atoms with Crippen molar-refractivity contribution in [1.29, 1.82) is 0 Å². The molecule has 0 bridgehead atoms. The van der Waals surface area contributed by atoms with E-state index in [2.05, 4.69) is 58.8 Å². The zero-order valence-electron chi connectivity index (χ0n) is 13.3. The minimum atomic E-state index is 0.359. The van der Waals surface area contributed by atoms with Crippen molar-refractivity contribution in [2.75, 3.05) is 7.05 Å². The number of hydrogen-bond donors (Lipinski definition) is 1. The summed E-state index contributed by atoms with van der Waals surface area (Å²) in [6.45, 7) is 4.15. The molecule has 112 valence electrons. The van der Waals surface area contributed by atoms with Gasteiger partial charge in [-0.2, -0.15) is 10.2 Å². The number of benzene rings is 1. The molecule has 2 aromatic rings. The molecule has 0 spiro atoms. The van der Waals surface area contributed by atoms with Crippen molar-refractivity contribution in [1.82, 2.24) is 15.5 Å². The summed E-state index contributed by atoms with van der Waals surface area (Å²) in [5, 5.41) is 12.0. The van der Waals surface area contributed by atoms with Gasteiger partial charge < -0.3 is 5.32 Å². The number of aryl methyl sites for hydroxylation is 3. The van der Waals surface area contributed by atoms with E-state index in [1.807, 2.05) is 14.0 Å². The van der Waals surface area contributed by atoms with Gasteiger partial charge in [-0.15, -0.1) is 0 Å². The van der Waals surface area contributed by atoms with E-state index >= 15 is 0 Å². The average Bonchev–Trinajstić information content (AvgIpc) is 2.52. The highest BCUT2D eigenvalue weighted by atomic mass is 15.1. The summed E-state index contributed by atoms with van der Waals surface area (Å²) in [5.41, 5.74) is 4.82. The smallest absolute Gasteiger partial charge is 0.0676 e. The third kappa shape index (κ3) is 4.36. The van der Waals surface area contributed by atoms with Gasteiger partial charge in [0.2, 0.25) is 0 Å². The first-order valence-corrected chi connectivity index (χ1v) is 7.79. The highest BCUT2D eigenvalue weighted by molar-refractivity contribution is 5.25. The fraction of sp³-hybridized carbons (Fsp3) is 0.444. The summed E-state index contributed by atoms with van der Waals surface area (Å²) in [6, 6.07) is 13.2. The molecule has 1 aromatic heterocycles. The fourth-order valence-corrected chi connectivity index (χ4v) is 2.72. The Bertz CT molecular complexity index is 552. The van der Waals surface area contributed by atoms with Gasteiger partial charge in [0, 0.05) is 6.04 Å². The van der Waals surface area contributed by atoms with Gasteiger partial charge in [0.05, 0.1) is 11.4 Å². The summed E-state index contributed by atoms with van der Waals surface area (Å²) in [5.74, 6) is 0. The second-order valence-electron chi connectivity index (χ2n) is 5.46. The lowest BCUT2D eigenvalue weighted by atomic mass is 9.97. The van der Waals surface area contributed by atoms with Gasteiger partial charge in [0.15, 0.2) is 0 Å². The maximum atomic E-state index is 4.34. The largest absolute Gasteiger partial charge is 0.313 e. The molecule has 0 aliphatic heterocycles. The van der Waals surface area contributed by atoms with Gasteiger partial charge in [0.25, 0.3) is 0 Å². The third-order valence-electron chi connectivity index (χ3n) is 3.89. The molecule has 3 nitrogen and oxygen atoms in total. The molecule has 1 N–H and O–H groups in total. The van der Waals surface area contributed by atoms with Crippen LogP contribution in [0.15, 0.2) is 36.4 Å². The van der Waals surface area contributed by atoms with Crippen LogP contribution in [0.4, 0.5) is 0 Å². The molecule has 1 unspecified atom stereocenters. The number of hydrogen-bond acceptors (Lipinski definition) is 3. The first kappa shape index (κ1) is 15.6. The van der Waals surface area contributed by atoms with Crippen molar-refractivity contribution in [3.05, 3.63) is 58.9 Å². The van der Waals surface area contributed by atoms with Crippen molar-refractivity contribution in [3.63, 3.8) is 0 Å². The lowest BCUT2D eigenvalue weighted by Crippen LogP contribution is -2.19. The summed E-state index contributed by atoms with van der Waals surface area (Å²) >= 11 is 0. The number of rotatable bonds is 7. The Morgan fingerprint density at radius 3 is 2.57 bits per heavy atom. The maximum Gasteiger partial charge on any atom is 0.0676 e. The van der Waals surface area contributed by atoms with Crippen LogP contribution in [0, 0.1) is 6.92 Å². The Balaban J connectivity index is 2.01. The van der Waals surface area contributed by atoms with Crippen LogP contribution >= 0.6 is 0 Å². The van der Waals surface area contributed by atoms with Crippen molar-refractivity contribution >= 4 is 0 Å². The van der Waals surface area contributed by atoms with E-state index in [0.29, 0.717) is 6.04 Å². The summed E-state index contributed by atoms with van der Waals surface area (Å²) < 4.78 is 0. The summed E-state index contributed by atoms with van der Waals surface area (Å²) in [7, 11) is 2.03. The zero-order chi connectivity index (χ0) is 15.1. The molecule has 2 rings (SSSR count). The predicted octanol–water partition coefficient (Wildman–Crippen LogP) is 3.63. The zero-order valence-corrected chi connectivity index (χ0v) is 13.3. The summed E-state index contributed by atoms with van der Waals surface area (Å²) in [4.78, 5) is 0. The van der Waals surface area contributed by atoms with E-state index < -0.39 is 0 Å². The Morgan fingerprint density at radius 1 is 1.14 bits per heavy atom. The second-order valence-corrected chi connectivity index (χ2v) is 5.46. The molecule has 0 amide bonds. The van der Waals surface area contributed by atoms with Gasteiger partial charge in [-0.1, -0.05) is 37.3 Å². The number of nitrogens with one attached hydrogen (secondary N) is 1. The van der Waals surface area contributed by atoms with Crippen LogP contribution in [0.1, 0.15) is 48.3 Å². The SMILES string of the molecule is CCc1nnc(C)cc1C(CCCc1ccccc1)NC. The Kier molecular flexibility index (Phi) is 5.88. The fourth-order valence-electron chi connectivity index (χ4n) is 2.72. The normalized spacial score (nSPS) is 12.3. The lowest BCUT2D eigenvalue weighted by Gasteiger charge is -2.19. The predicted molar refractivity (Wildman–Crippen MR) is 87.3 cm³/mol. The van der Waals surface area contributed by atoms with E-state index in [9.17, 15) is 0 Å². The molecule has 1 heterocycles. The number of nitrogens with zero attached hydrogens (tertiary/aromatic N) is 2. The monoisotopic (exact) mass is 283 g/mol. The molecule has 1 atom stereocenters. The topological polar surface area (TPSA) is 37.8 Å². The molecule has 21 heavy (non-hydrogen) atoms. The highest BCUT2D eigenvalue weighted by Crippen LogP contribution is 2.22. The average molecular weight is 283 g/mol. The molecular formula is C18H25N3. The van der Waals surface area contributed by atoms with Gasteiger partial charge in [-0.3, -0.25) is 0 Å². The standard InChI is InChI=1S/C18H25N3/c1-4-17-16(13-14(2)20-21-17)18(19-3)12-8-11-15-9-6-5-7-10-15/h5-7,9-10,13,18-19H,4,8,11-12H2,1-3H3. The van der Waals surface area contributed by atoms with Crippen LogP contribution in [0.25, 0.3) is 0 Å². The molecule has 0 saturated carbocycles. The van der Waals surface area contributed by atoms with Gasteiger partial charge >= 0.3 is 0 Å². The maximum absolute atomic E-state index is 4.34. The highest BCUT2D eigenvalue weighted by Gasteiger charge is 2.14. The van der Waals surface area contributed by atoms with E-state index in [1.165, 1.54) is 17.5 Å².